The third-order valence-corrected chi connectivity index (χ3v) is 4.10. The van der Waals surface area contributed by atoms with Gasteiger partial charge in [-0.05, 0) is 23.8 Å². The summed E-state index contributed by atoms with van der Waals surface area (Å²) in [4.78, 5) is 36.0. The molecule has 0 fully saturated rings. The first-order valence-electron chi connectivity index (χ1n) is 8.48. The Hall–Kier alpha value is -3.62. The van der Waals surface area contributed by atoms with E-state index in [9.17, 15) is 19.7 Å². The minimum absolute atomic E-state index is 0.199. The van der Waals surface area contributed by atoms with Gasteiger partial charge in [0.1, 0.15) is 18.8 Å². The molecule has 0 unspecified atom stereocenters. The van der Waals surface area contributed by atoms with Gasteiger partial charge < -0.3 is 19.1 Å². The van der Waals surface area contributed by atoms with Crippen LogP contribution in [0.2, 0.25) is 0 Å². The molecule has 1 aliphatic heterocycles. The molecule has 2 aromatic carbocycles. The molecule has 1 aliphatic rings. The van der Waals surface area contributed by atoms with Gasteiger partial charge in [-0.1, -0.05) is 18.2 Å². The average molecular weight is 386 g/mol. The Morgan fingerprint density at radius 1 is 1.14 bits per heavy atom. The van der Waals surface area contributed by atoms with Crippen LogP contribution in [-0.4, -0.2) is 48.6 Å². The Morgan fingerprint density at radius 2 is 1.86 bits per heavy atom. The molecule has 0 spiro atoms. The van der Waals surface area contributed by atoms with Crippen molar-refractivity contribution in [1.29, 1.82) is 0 Å². The molecule has 0 aliphatic carbocycles. The predicted octanol–water partition coefficient (Wildman–Crippen LogP) is 2.18. The molecule has 0 saturated heterocycles. The summed E-state index contributed by atoms with van der Waals surface area (Å²) in [6, 6.07) is 10.8. The van der Waals surface area contributed by atoms with Gasteiger partial charge in [0.25, 0.3) is 11.6 Å². The summed E-state index contributed by atoms with van der Waals surface area (Å²) >= 11 is 0. The maximum Gasteiger partial charge on any atom is 0.345 e. The number of hydrogen-bond donors (Lipinski definition) is 0. The fourth-order valence-electron chi connectivity index (χ4n) is 2.67. The lowest BCUT2D eigenvalue weighted by Gasteiger charge is -2.21. The van der Waals surface area contributed by atoms with Crippen molar-refractivity contribution in [2.24, 2.45) is 0 Å². The number of fused-ring (bicyclic) bond motifs is 1. The van der Waals surface area contributed by atoms with Gasteiger partial charge >= 0.3 is 5.97 Å². The lowest BCUT2D eigenvalue weighted by Crippen LogP contribution is -2.31. The zero-order valence-electron chi connectivity index (χ0n) is 15.1. The van der Waals surface area contributed by atoms with Crippen LogP contribution in [0, 0.1) is 10.1 Å². The van der Waals surface area contributed by atoms with Crippen molar-refractivity contribution in [3.63, 3.8) is 0 Å². The van der Waals surface area contributed by atoms with Crippen molar-refractivity contribution >= 4 is 17.6 Å². The van der Waals surface area contributed by atoms with E-state index in [1.54, 1.807) is 19.2 Å². The molecule has 1 heterocycles. The first kappa shape index (κ1) is 19.2. The zero-order chi connectivity index (χ0) is 20.1. The Labute approximate surface area is 160 Å². The topological polar surface area (TPSA) is 108 Å². The average Bonchev–Trinajstić information content (AvgIpc) is 2.71. The van der Waals surface area contributed by atoms with Gasteiger partial charge in [0.05, 0.1) is 4.92 Å². The molecule has 0 atom stereocenters. The van der Waals surface area contributed by atoms with Crippen LogP contribution in [-0.2, 0) is 16.1 Å². The number of nitrogens with zero attached hydrogens (tertiary/aromatic N) is 2. The van der Waals surface area contributed by atoms with Crippen molar-refractivity contribution in [3.05, 3.63) is 63.7 Å². The number of amides is 1. The van der Waals surface area contributed by atoms with Crippen LogP contribution in [0.25, 0.3) is 0 Å². The minimum atomic E-state index is -0.923. The van der Waals surface area contributed by atoms with E-state index in [0.717, 1.165) is 5.56 Å². The van der Waals surface area contributed by atoms with Crippen LogP contribution in [0.15, 0.2) is 42.5 Å². The van der Waals surface area contributed by atoms with Gasteiger partial charge in [0.15, 0.2) is 18.1 Å². The number of para-hydroxylation sites is 1. The maximum absolute atomic E-state index is 12.2. The van der Waals surface area contributed by atoms with Crippen LogP contribution >= 0.6 is 0 Å². The van der Waals surface area contributed by atoms with Crippen molar-refractivity contribution < 1.29 is 28.7 Å². The van der Waals surface area contributed by atoms with Crippen LogP contribution in [0.3, 0.4) is 0 Å². The molecule has 9 nitrogen and oxygen atoms in total. The molecule has 28 heavy (non-hydrogen) atoms. The highest BCUT2D eigenvalue weighted by molar-refractivity contribution is 5.95. The first-order valence-corrected chi connectivity index (χ1v) is 8.48. The number of benzene rings is 2. The molecule has 0 bridgehead atoms. The number of carbonyl (C=O) groups is 2. The highest BCUT2D eigenvalue weighted by Gasteiger charge is 2.22. The van der Waals surface area contributed by atoms with Crippen LogP contribution in [0.1, 0.15) is 15.9 Å². The fraction of sp³-hybridized carbons (Fsp3) is 0.263. The van der Waals surface area contributed by atoms with Crippen molar-refractivity contribution in [1.82, 2.24) is 4.90 Å². The van der Waals surface area contributed by atoms with E-state index in [-0.39, 0.29) is 17.8 Å². The maximum atomic E-state index is 12.2. The van der Waals surface area contributed by atoms with Gasteiger partial charge in [-0.15, -0.1) is 0 Å². The van der Waals surface area contributed by atoms with Crippen molar-refractivity contribution in [2.75, 3.05) is 26.9 Å². The largest absolute Gasteiger partial charge is 0.486 e. The molecule has 146 valence electrons. The number of nitro benzene ring substituents is 1. The van der Waals surface area contributed by atoms with E-state index < -0.39 is 23.4 Å². The van der Waals surface area contributed by atoms with E-state index in [0.29, 0.717) is 24.7 Å². The number of rotatable bonds is 6. The number of likely N-dealkylation sites (N-methyl/N-ethyl adjacent to an activating group) is 1. The summed E-state index contributed by atoms with van der Waals surface area (Å²) in [5.41, 5.74) is 0.254. The van der Waals surface area contributed by atoms with E-state index in [2.05, 4.69) is 0 Å². The highest BCUT2D eigenvalue weighted by Crippen LogP contribution is 2.31. The molecule has 1 amide bonds. The second-order valence-electron chi connectivity index (χ2n) is 6.08. The van der Waals surface area contributed by atoms with Gasteiger partial charge in [-0.3, -0.25) is 14.9 Å². The third kappa shape index (κ3) is 4.37. The second kappa shape index (κ2) is 8.38. The van der Waals surface area contributed by atoms with Crippen LogP contribution < -0.4 is 9.47 Å². The normalized spacial score (nSPS) is 12.2. The Bertz CT molecular complexity index is 913. The zero-order valence-corrected chi connectivity index (χ0v) is 15.1. The summed E-state index contributed by atoms with van der Waals surface area (Å²) in [7, 11) is 1.57. The number of esters is 1. The minimum Gasteiger partial charge on any atom is -0.486 e. The lowest BCUT2D eigenvalue weighted by molar-refractivity contribution is -0.385. The summed E-state index contributed by atoms with van der Waals surface area (Å²) in [5.74, 6) is -0.0926. The number of hydrogen-bond acceptors (Lipinski definition) is 7. The van der Waals surface area contributed by atoms with E-state index in [1.807, 2.05) is 6.07 Å². The standard InChI is InChI=1S/C19H18N2O7/c1-20(11-13-6-7-16-17(10-13)27-9-8-26-16)18(22)12-28-19(23)14-4-2-3-5-15(14)21(24)25/h2-7,10H,8-9,11-12H2,1H3. The van der Waals surface area contributed by atoms with Gasteiger partial charge in [-0.2, -0.15) is 0 Å². The van der Waals surface area contributed by atoms with E-state index >= 15 is 0 Å². The molecular formula is C19H18N2O7. The van der Waals surface area contributed by atoms with Crippen LogP contribution in [0.5, 0.6) is 11.5 Å². The van der Waals surface area contributed by atoms with Gasteiger partial charge in [0.2, 0.25) is 0 Å². The number of nitro groups is 1. The van der Waals surface area contributed by atoms with Crippen molar-refractivity contribution in [3.8, 4) is 11.5 Å². The van der Waals surface area contributed by atoms with E-state index in [1.165, 1.54) is 29.2 Å². The summed E-state index contributed by atoms with van der Waals surface area (Å²) in [5, 5.41) is 11.0. The smallest absolute Gasteiger partial charge is 0.345 e. The molecule has 2 aromatic rings. The summed E-state index contributed by atoms with van der Waals surface area (Å²) in [6.45, 7) is 0.715. The summed E-state index contributed by atoms with van der Waals surface area (Å²) < 4.78 is 15.9. The third-order valence-electron chi connectivity index (χ3n) is 4.10. The van der Waals surface area contributed by atoms with Crippen LogP contribution in [0.4, 0.5) is 5.69 Å². The number of carbonyl (C=O) groups excluding carboxylic acids is 2. The molecule has 3 rings (SSSR count). The monoisotopic (exact) mass is 386 g/mol. The van der Waals surface area contributed by atoms with Gasteiger partial charge in [0, 0.05) is 19.7 Å². The first-order chi connectivity index (χ1) is 13.5. The fourth-order valence-corrected chi connectivity index (χ4v) is 2.67. The predicted molar refractivity (Wildman–Crippen MR) is 97.3 cm³/mol. The van der Waals surface area contributed by atoms with Gasteiger partial charge in [-0.25, -0.2) is 4.79 Å². The highest BCUT2D eigenvalue weighted by atomic mass is 16.6. The number of ether oxygens (including phenoxy) is 3. The molecule has 0 radical (unpaired) electrons. The Kier molecular flexibility index (Phi) is 5.73. The second-order valence-corrected chi connectivity index (χ2v) is 6.08. The SMILES string of the molecule is CN(Cc1ccc2c(c1)OCCO2)C(=O)COC(=O)c1ccccc1[N+](=O)[O-]. The summed E-state index contributed by atoms with van der Waals surface area (Å²) in [6.07, 6.45) is 0. The Morgan fingerprint density at radius 3 is 2.61 bits per heavy atom. The molecular weight excluding hydrogens is 368 g/mol. The van der Waals surface area contributed by atoms with E-state index in [4.69, 9.17) is 14.2 Å². The molecule has 0 saturated carbocycles. The van der Waals surface area contributed by atoms with Crippen molar-refractivity contribution in [2.45, 2.75) is 6.54 Å². The molecule has 0 N–H and O–H groups in total. The molecule has 9 heteroatoms. The quantitative estimate of drug-likeness (QED) is 0.425. The lowest BCUT2D eigenvalue weighted by atomic mass is 10.2. The molecule has 0 aromatic heterocycles. The Balaban J connectivity index is 1.57.